The van der Waals surface area contributed by atoms with Crippen LogP contribution >= 0.6 is 15.9 Å². The number of benzene rings is 1. The van der Waals surface area contributed by atoms with Gasteiger partial charge in [0.15, 0.2) is 0 Å². The first-order valence-corrected chi connectivity index (χ1v) is 6.77. The van der Waals surface area contributed by atoms with Crippen LogP contribution in [0.25, 0.3) is 0 Å². The van der Waals surface area contributed by atoms with Gasteiger partial charge in [0.25, 0.3) is 0 Å². The van der Waals surface area contributed by atoms with E-state index in [2.05, 4.69) is 15.9 Å². The predicted octanol–water partition coefficient (Wildman–Crippen LogP) is 1.72. The van der Waals surface area contributed by atoms with Crippen LogP contribution in [0.3, 0.4) is 0 Å². The molecular formula is C13H14BrNO4. The molecule has 1 atom stereocenters. The smallest absolute Gasteiger partial charge is 0.338 e. The van der Waals surface area contributed by atoms with Crippen LogP contribution in [0.5, 0.6) is 0 Å². The van der Waals surface area contributed by atoms with E-state index < -0.39 is 12.1 Å². The Balaban J connectivity index is 2.25. The van der Waals surface area contributed by atoms with Crippen molar-refractivity contribution in [3.8, 4) is 0 Å². The van der Waals surface area contributed by atoms with E-state index in [1.165, 1.54) is 4.90 Å². The first-order chi connectivity index (χ1) is 9.02. The summed E-state index contributed by atoms with van der Waals surface area (Å²) in [6.07, 6.45) is -0.504. The normalized spacial score (nSPS) is 18.8. The van der Waals surface area contributed by atoms with Gasteiger partial charge in [-0.2, -0.15) is 0 Å². The second kappa shape index (κ2) is 5.71. The first kappa shape index (κ1) is 14.0. The highest BCUT2D eigenvalue weighted by atomic mass is 79.9. The molecule has 19 heavy (non-hydrogen) atoms. The SMILES string of the molecule is CCOC(=O)c1ccc(N2CC(O)CC2=O)c(Br)c1. The maximum atomic E-state index is 11.7. The zero-order chi connectivity index (χ0) is 14.0. The van der Waals surface area contributed by atoms with E-state index in [-0.39, 0.29) is 18.9 Å². The van der Waals surface area contributed by atoms with Crippen LogP contribution in [0.15, 0.2) is 22.7 Å². The number of aliphatic hydroxyl groups is 1. The van der Waals surface area contributed by atoms with Gasteiger partial charge in [0, 0.05) is 4.47 Å². The average molecular weight is 328 g/mol. The topological polar surface area (TPSA) is 66.8 Å². The maximum Gasteiger partial charge on any atom is 0.338 e. The highest BCUT2D eigenvalue weighted by Crippen LogP contribution is 2.30. The molecule has 6 heteroatoms. The number of anilines is 1. The highest BCUT2D eigenvalue weighted by molar-refractivity contribution is 9.10. The van der Waals surface area contributed by atoms with Gasteiger partial charge < -0.3 is 14.7 Å². The van der Waals surface area contributed by atoms with Gasteiger partial charge in [0.1, 0.15) is 0 Å². The molecule has 1 aliphatic rings. The molecule has 1 fully saturated rings. The number of carbonyl (C=O) groups excluding carboxylic acids is 2. The molecule has 0 aromatic heterocycles. The van der Waals surface area contributed by atoms with Crippen molar-refractivity contribution >= 4 is 33.5 Å². The van der Waals surface area contributed by atoms with Gasteiger partial charge in [-0.25, -0.2) is 4.79 Å². The molecule has 1 aromatic carbocycles. The number of aliphatic hydroxyl groups excluding tert-OH is 1. The summed E-state index contributed by atoms with van der Waals surface area (Å²) in [5.41, 5.74) is 1.07. The molecule has 1 amide bonds. The van der Waals surface area contributed by atoms with Gasteiger partial charge in [0.05, 0.1) is 36.9 Å². The lowest BCUT2D eigenvalue weighted by Gasteiger charge is -2.18. The lowest BCUT2D eigenvalue weighted by Crippen LogP contribution is -2.25. The maximum absolute atomic E-state index is 11.7. The van der Waals surface area contributed by atoms with Gasteiger partial charge in [-0.15, -0.1) is 0 Å². The fourth-order valence-corrected chi connectivity index (χ4v) is 2.58. The Morgan fingerprint density at radius 2 is 2.32 bits per heavy atom. The Morgan fingerprint density at radius 1 is 1.58 bits per heavy atom. The van der Waals surface area contributed by atoms with E-state index >= 15 is 0 Å². The molecule has 0 saturated carbocycles. The van der Waals surface area contributed by atoms with Crippen molar-refractivity contribution in [3.63, 3.8) is 0 Å². The zero-order valence-corrected chi connectivity index (χ0v) is 12.0. The van der Waals surface area contributed by atoms with Crippen molar-refractivity contribution < 1.29 is 19.4 Å². The minimum Gasteiger partial charge on any atom is -0.462 e. The van der Waals surface area contributed by atoms with Gasteiger partial charge in [0.2, 0.25) is 5.91 Å². The molecule has 1 unspecified atom stereocenters. The summed E-state index contributed by atoms with van der Waals surface area (Å²) >= 11 is 3.34. The van der Waals surface area contributed by atoms with Crippen molar-refractivity contribution in [2.24, 2.45) is 0 Å². The summed E-state index contributed by atoms with van der Waals surface area (Å²) in [4.78, 5) is 24.8. The number of hydrogen-bond donors (Lipinski definition) is 1. The van der Waals surface area contributed by atoms with Gasteiger partial charge in [-0.1, -0.05) is 0 Å². The highest BCUT2D eigenvalue weighted by Gasteiger charge is 2.30. The van der Waals surface area contributed by atoms with E-state index in [1.54, 1.807) is 25.1 Å². The summed E-state index contributed by atoms with van der Waals surface area (Å²) in [6.45, 7) is 2.33. The molecule has 1 N–H and O–H groups in total. The Hall–Kier alpha value is -1.40. The zero-order valence-electron chi connectivity index (χ0n) is 10.4. The summed E-state index contributed by atoms with van der Waals surface area (Å²) in [5, 5.41) is 9.48. The molecule has 5 nitrogen and oxygen atoms in total. The van der Waals surface area contributed by atoms with E-state index in [1.807, 2.05) is 0 Å². The number of esters is 1. The third-order valence-electron chi connectivity index (χ3n) is 2.85. The Morgan fingerprint density at radius 3 is 2.84 bits per heavy atom. The molecule has 1 saturated heterocycles. The molecule has 2 rings (SSSR count). The second-order valence-corrected chi connectivity index (χ2v) is 5.10. The summed E-state index contributed by atoms with van der Waals surface area (Å²) in [5.74, 6) is -0.528. The van der Waals surface area contributed by atoms with Gasteiger partial charge in [-0.05, 0) is 41.1 Å². The molecule has 0 bridgehead atoms. The lowest BCUT2D eigenvalue weighted by atomic mass is 10.2. The van der Waals surface area contributed by atoms with Crippen molar-refractivity contribution in [1.29, 1.82) is 0 Å². The number of β-amino-alcohol motifs (C(OH)–C–C–N with tert-alkyl or cyclic N) is 1. The van der Waals surface area contributed by atoms with Crippen LogP contribution in [-0.4, -0.2) is 36.2 Å². The third kappa shape index (κ3) is 2.96. The van der Waals surface area contributed by atoms with Crippen LogP contribution in [0.1, 0.15) is 23.7 Å². The quantitative estimate of drug-likeness (QED) is 0.858. The van der Waals surface area contributed by atoms with Crippen LogP contribution in [-0.2, 0) is 9.53 Å². The Labute approximate surface area is 119 Å². The molecular weight excluding hydrogens is 314 g/mol. The number of carbonyl (C=O) groups is 2. The number of amides is 1. The van der Waals surface area contributed by atoms with Crippen LogP contribution < -0.4 is 4.90 Å². The monoisotopic (exact) mass is 327 g/mol. The molecule has 102 valence electrons. The van der Waals surface area contributed by atoms with Crippen molar-refractivity contribution in [1.82, 2.24) is 0 Å². The van der Waals surface area contributed by atoms with Crippen LogP contribution in [0, 0.1) is 0 Å². The number of rotatable bonds is 3. The van der Waals surface area contributed by atoms with Crippen molar-refractivity contribution in [2.45, 2.75) is 19.4 Å². The summed E-state index contributed by atoms with van der Waals surface area (Å²) in [7, 11) is 0. The van der Waals surface area contributed by atoms with Crippen molar-refractivity contribution in [2.75, 3.05) is 18.1 Å². The Bertz CT molecular complexity index is 517. The minimum absolute atomic E-state index is 0.128. The summed E-state index contributed by atoms with van der Waals surface area (Å²) in [6, 6.07) is 4.90. The number of halogens is 1. The Kier molecular flexibility index (Phi) is 4.21. The molecule has 1 aromatic rings. The van der Waals surface area contributed by atoms with E-state index in [9.17, 15) is 14.7 Å². The number of nitrogens with zero attached hydrogens (tertiary/aromatic N) is 1. The second-order valence-electron chi connectivity index (χ2n) is 4.25. The average Bonchev–Trinajstić information content (AvgIpc) is 2.68. The predicted molar refractivity (Wildman–Crippen MR) is 73.1 cm³/mol. The van der Waals surface area contributed by atoms with E-state index in [0.29, 0.717) is 22.3 Å². The van der Waals surface area contributed by atoms with E-state index in [0.717, 1.165) is 0 Å². The molecule has 0 spiro atoms. The fraction of sp³-hybridized carbons (Fsp3) is 0.385. The molecule has 0 radical (unpaired) electrons. The minimum atomic E-state index is -0.635. The third-order valence-corrected chi connectivity index (χ3v) is 3.49. The molecule has 0 aliphatic carbocycles. The fourth-order valence-electron chi connectivity index (χ4n) is 1.99. The summed E-state index contributed by atoms with van der Waals surface area (Å²) < 4.78 is 5.53. The van der Waals surface area contributed by atoms with Crippen LogP contribution in [0.2, 0.25) is 0 Å². The first-order valence-electron chi connectivity index (χ1n) is 5.98. The van der Waals surface area contributed by atoms with Gasteiger partial charge >= 0.3 is 5.97 Å². The van der Waals surface area contributed by atoms with E-state index in [4.69, 9.17) is 4.74 Å². The largest absolute Gasteiger partial charge is 0.462 e. The number of hydrogen-bond acceptors (Lipinski definition) is 4. The van der Waals surface area contributed by atoms with Crippen molar-refractivity contribution in [3.05, 3.63) is 28.2 Å². The molecule has 1 heterocycles. The lowest BCUT2D eigenvalue weighted by molar-refractivity contribution is -0.117. The van der Waals surface area contributed by atoms with Crippen LogP contribution in [0.4, 0.5) is 5.69 Å². The molecule has 1 aliphatic heterocycles. The number of ether oxygens (including phenoxy) is 1. The standard InChI is InChI=1S/C13H14BrNO4/c1-2-19-13(18)8-3-4-11(10(14)5-8)15-7-9(16)6-12(15)17/h3-5,9,16H,2,6-7H2,1H3. The van der Waals surface area contributed by atoms with Gasteiger partial charge in [-0.3, -0.25) is 4.79 Å².